The molecule has 0 spiro atoms. The molecule has 6 heteroatoms. The van der Waals surface area contributed by atoms with Crippen LogP contribution in [0.5, 0.6) is 0 Å². The fraction of sp³-hybridized carbons (Fsp3) is 0.526. The number of nitrogens with zero attached hydrogens (tertiary/aromatic N) is 2. The van der Waals surface area contributed by atoms with Crippen molar-refractivity contribution >= 4 is 18.1 Å². The zero-order valence-electron chi connectivity index (χ0n) is 15.6. The number of rotatable bonds is 3. The maximum absolute atomic E-state index is 14.3. The van der Waals surface area contributed by atoms with Gasteiger partial charge < -0.3 is 9.47 Å². The Kier molecular flexibility index (Phi) is 5.60. The van der Waals surface area contributed by atoms with Gasteiger partial charge in [0.1, 0.15) is 24.2 Å². The third-order valence-electron chi connectivity index (χ3n) is 4.27. The minimum absolute atomic E-state index is 0.191. The Morgan fingerprint density at radius 3 is 2.32 bits per heavy atom. The van der Waals surface area contributed by atoms with E-state index >= 15 is 0 Å². The van der Waals surface area contributed by atoms with Crippen molar-refractivity contribution in [2.75, 3.05) is 14.2 Å². The average Bonchev–Trinajstić information content (AvgIpc) is 2.55. The van der Waals surface area contributed by atoms with Crippen LogP contribution in [0.1, 0.15) is 42.3 Å². The largest absolute Gasteiger partial charge is 0.483 e. The average molecular weight is 348 g/mol. The van der Waals surface area contributed by atoms with Crippen molar-refractivity contribution in [1.82, 2.24) is 0 Å². The first-order valence-electron chi connectivity index (χ1n) is 8.18. The van der Waals surface area contributed by atoms with E-state index in [0.717, 1.165) is 6.29 Å². The molecule has 25 heavy (non-hydrogen) atoms. The van der Waals surface area contributed by atoms with Gasteiger partial charge in [-0.15, -0.1) is 0 Å². The van der Waals surface area contributed by atoms with Crippen LogP contribution in [0.25, 0.3) is 0 Å². The van der Waals surface area contributed by atoms with Gasteiger partial charge in [-0.1, -0.05) is 20.8 Å². The summed E-state index contributed by atoms with van der Waals surface area (Å²) >= 11 is 0. The van der Waals surface area contributed by atoms with Crippen molar-refractivity contribution in [3.8, 4) is 0 Å². The number of aldehydes is 1. The highest BCUT2D eigenvalue weighted by atomic mass is 19.1. The summed E-state index contributed by atoms with van der Waals surface area (Å²) in [6, 6.07) is 2.17. The molecule has 1 aromatic rings. The standard InChI is InChI=1S/C19H25FN2O3/c1-11-7-14(20)12(8-13(11)10-23)9-15-17(24-5)22-16(19(2,3)4)18(21-15)25-6/h7-8,10,15-16H,9H2,1-6H3/t15-,16?/m0/s1. The second kappa shape index (κ2) is 7.33. The van der Waals surface area contributed by atoms with Gasteiger partial charge in [0.2, 0.25) is 11.8 Å². The Balaban J connectivity index is 2.39. The minimum Gasteiger partial charge on any atom is -0.483 e. The predicted octanol–water partition coefficient (Wildman–Crippen LogP) is 3.38. The second-order valence-electron chi connectivity index (χ2n) is 7.25. The van der Waals surface area contributed by atoms with E-state index in [1.54, 1.807) is 20.1 Å². The predicted molar refractivity (Wildman–Crippen MR) is 96.1 cm³/mol. The molecule has 0 amide bonds. The van der Waals surface area contributed by atoms with E-state index < -0.39 is 6.04 Å². The molecule has 136 valence electrons. The van der Waals surface area contributed by atoms with E-state index in [-0.39, 0.29) is 23.7 Å². The van der Waals surface area contributed by atoms with Crippen LogP contribution in [0, 0.1) is 18.2 Å². The molecule has 0 aliphatic carbocycles. The van der Waals surface area contributed by atoms with Gasteiger partial charge in [0.05, 0.1) is 14.2 Å². The highest BCUT2D eigenvalue weighted by Crippen LogP contribution is 2.28. The first-order chi connectivity index (χ1) is 11.7. The van der Waals surface area contributed by atoms with Gasteiger partial charge in [0.15, 0.2) is 0 Å². The normalized spacial score (nSPS) is 20.6. The van der Waals surface area contributed by atoms with Crippen LogP contribution in [-0.2, 0) is 15.9 Å². The lowest BCUT2D eigenvalue weighted by molar-refractivity contribution is 0.112. The third-order valence-corrected chi connectivity index (χ3v) is 4.27. The van der Waals surface area contributed by atoms with E-state index in [1.165, 1.54) is 13.2 Å². The molecule has 0 saturated carbocycles. The molecule has 5 nitrogen and oxygen atoms in total. The van der Waals surface area contributed by atoms with Gasteiger partial charge >= 0.3 is 0 Å². The molecule has 1 heterocycles. The maximum Gasteiger partial charge on any atom is 0.210 e. The van der Waals surface area contributed by atoms with Gasteiger partial charge in [-0.05, 0) is 35.6 Å². The lowest BCUT2D eigenvalue weighted by Gasteiger charge is -2.32. The van der Waals surface area contributed by atoms with Crippen LogP contribution < -0.4 is 0 Å². The summed E-state index contributed by atoms with van der Waals surface area (Å²) in [6.07, 6.45) is 0.966. The van der Waals surface area contributed by atoms with Gasteiger partial charge in [0, 0.05) is 12.0 Å². The third kappa shape index (κ3) is 4.06. The molecule has 0 saturated heterocycles. The van der Waals surface area contributed by atoms with Gasteiger partial charge in [0.25, 0.3) is 0 Å². The molecule has 0 bridgehead atoms. The molecule has 0 N–H and O–H groups in total. The highest BCUT2D eigenvalue weighted by molar-refractivity contribution is 5.94. The van der Waals surface area contributed by atoms with Crippen molar-refractivity contribution in [2.24, 2.45) is 15.4 Å². The first-order valence-corrected chi connectivity index (χ1v) is 8.18. The Hall–Kier alpha value is -2.24. The van der Waals surface area contributed by atoms with Crippen LogP contribution in [0.3, 0.4) is 0 Å². The molecule has 1 aliphatic rings. The van der Waals surface area contributed by atoms with E-state index in [4.69, 9.17) is 9.47 Å². The van der Waals surface area contributed by atoms with Crippen molar-refractivity contribution in [2.45, 2.75) is 46.2 Å². The van der Waals surface area contributed by atoms with Crippen molar-refractivity contribution in [1.29, 1.82) is 0 Å². The fourth-order valence-electron chi connectivity index (χ4n) is 2.83. The number of ether oxygens (including phenoxy) is 2. The van der Waals surface area contributed by atoms with E-state index in [2.05, 4.69) is 9.98 Å². The molecule has 1 unspecified atom stereocenters. The molecule has 1 aliphatic heterocycles. The summed E-state index contributed by atoms with van der Waals surface area (Å²) in [5, 5.41) is 0. The maximum atomic E-state index is 14.3. The number of hydrogen-bond donors (Lipinski definition) is 0. The molecule has 0 aromatic heterocycles. The number of benzene rings is 1. The Bertz CT molecular complexity index is 720. The number of aryl methyl sites for hydroxylation is 1. The number of methoxy groups -OCH3 is 2. The number of carbonyl (C=O) groups excluding carboxylic acids is 1. The summed E-state index contributed by atoms with van der Waals surface area (Å²) in [7, 11) is 3.08. The molecule has 1 aromatic carbocycles. The first kappa shape index (κ1) is 19.1. The summed E-state index contributed by atoms with van der Waals surface area (Å²) in [5.74, 6) is 0.570. The second-order valence-corrected chi connectivity index (χ2v) is 7.25. The SMILES string of the molecule is COC1=N[C@@H](Cc2cc(C=O)c(C)cc2F)C(OC)=NC1C(C)(C)C. The van der Waals surface area contributed by atoms with Crippen LogP contribution in [0.2, 0.25) is 0 Å². The smallest absolute Gasteiger partial charge is 0.210 e. The molecule has 0 fully saturated rings. The topological polar surface area (TPSA) is 60.2 Å². The van der Waals surface area contributed by atoms with Crippen LogP contribution in [-0.4, -0.2) is 44.4 Å². The Morgan fingerprint density at radius 2 is 1.80 bits per heavy atom. The lowest BCUT2D eigenvalue weighted by Crippen LogP contribution is -2.42. The highest BCUT2D eigenvalue weighted by Gasteiger charge is 2.36. The summed E-state index contributed by atoms with van der Waals surface area (Å²) in [5.41, 5.74) is 1.28. The monoisotopic (exact) mass is 348 g/mol. The summed E-state index contributed by atoms with van der Waals surface area (Å²) < 4.78 is 25.2. The minimum atomic E-state index is -0.491. The van der Waals surface area contributed by atoms with Gasteiger partial charge in [-0.3, -0.25) is 4.79 Å². The van der Waals surface area contributed by atoms with E-state index in [9.17, 15) is 9.18 Å². The molecule has 2 atom stereocenters. The Morgan fingerprint density at radius 1 is 1.16 bits per heavy atom. The zero-order chi connectivity index (χ0) is 18.8. The molecule has 2 rings (SSSR count). The fourth-order valence-corrected chi connectivity index (χ4v) is 2.83. The molecular weight excluding hydrogens is 323 g/mol. The molecular formula is C19H25FN2O3. The van der Waals surface area contributed by atoms with E-state index in [1.807, 2.05) is 20.8 Å². The van der Waals surface area contributed by atoms with E-state index in [0.29, 0.717) is 28.5 Å². The van der Waals surface area contributed by atoms with Gasteiger partial charge in [-0.2, -0.15) is 0 Å². The molecule has 0 radical (unpaired) electrons. The van der Waals surface area contributed by atoms with Crippen molar-refractivity contribution in [3.63, 3.8) is 0 Å². The van der Waals surface area contributed by atoms with Crippen LogP contribution in [0.4, 0.5) is 4.39 Å². The van der Waals surface area contributed by atoms with Crippen LogP contribution in [0.15, 0.2) is 22.1 Å². The Labute approximate surface area is 148 Å². The summed E-state index contributed by atoms with van der Waals surface area (Å²) in [4.78, 5) is 20.4. The van der Waals surface area contributed by atoms with Crippen LogP contribution >= 0.6 is 0 Å². The number of aliphatic imine (C=N–C) groups is 2. The zero-order valence-corrected chi connectivity index (χ0v) is 15.6. The van der Waals surface area contributed by atoms with Crippen molar-refractivity contribution in [3.05, 3.63) is 34.6 Å². The number of hydrogen-bond acceptors (Lipinski definition) is 5. The number of halogens is 1. The summed E-state index contributed by atoms with van der Waals surface area (Å²) in [6.45, 7) is 7.83. The van der Waals surface area contributed by atoms with Gasteiger partial charge in [-0.25, -0.2) is 14.4 Å². The quantitative estimate of drug-likeness (QED) is 0.787. The van der Waals surface area contributed by atoms with Crippen molar-refractivity contribution < 1.29 is 18.7 Å². The lowest BCUT2D eigenvalue weighted by atomic mass is 9.86. The number of carbonyl (C=O) groups is 1.